The molecule has 0 bridgehead atoms. The van der Waals surface area contributed by atoms with E-state index >= 15 is 0 Å². The minimum absolute atomic E-state index is 0. The molecule has 0 aliphatic heterocycles. The van der Waals surface area contributed by atoms with Gasteiger partial charge in [0.2, 0.25) is 11.8 Å². The van der Waals surface area contributed by atoms with Gasteiger partial charge >= 0.3 is 0 Å². The standard InChI is InChI=1S/C15H20ClN3O2.ClH/c1-19(14(21)15(17)7-2-3-8-15)10-13(20)18-12-6-4-5-11(16)9-12;/h4-6,9H,2-3,7-8,10,17H2,1H3,(H,18,20);1H. The Hall–Kier alpha value is -1.30. The lowest BCUT2D eigenvalue weighted by molar-refractivity contribution is -0.138. The number of hydrogen-bond donors (Lipinski definition) is 2. The molecule has 0 saturated heterocycles. The Kier molecular flexibility index (Phi) is 6.66. The highest BCUT2D eigenvalue weighted by atomic mass is 35.5. The van der Waals surface area contributed by atoms with Crippen molar-refractivity contribution < 1.29 is 9.59 Å². The van der Waals surface area contributed by atoms with E-state index in [1.165, 1.54) is 4.90 Å². The molecule has 1 fully saturated rings. The molecule has 5 nitrogen and oxygen atoms in total. The van der Waals surface area contributed by atoms with Crippen LogP contribution in [0.15, 0.2) is 24.3 Å². The third-order valence-corrected chi connectivity index (χ3v) is 3.99. The first-order valence-electron chi connectivity index (χ1n) is 7.00. The maximum Gasteiger partial charge on any atom is 0.243 e. The molecule has 0 spiro atoms. The molecule has 0 radical (unpaired) electrons. The molecule has 1 aromatic rings. The largest absolute Gasteiger partial charge is 0.335 e. The van der Waals surface area contributed by atoms with Gasteiger partial charge in [0.05, 0.1) is 12.1 Å². The molecule has 0 heterocycles. The average Bonchev–Trinajstić information content (AvgIpc) is 2.85. The number of rotatable bonds is 4. The van der Waals surface area contributed by atoms with Gasteiger partial charge in [-0.25, -0.2) is 0 Å². The first kappa shape index (κ1) is 18.7. The maximum atomic E-state index is 12.3. The van der Waals surface area contributed by atoms with Gasteiger partial charge in [-0.3, -0.25) is 9.59 Å². The second kappa shape index (κ2) is 7.81. The summed E-state index contributed by atoms with van der Waals surface area (Å²) < 4.78 is 0. The summed E-state index contributed by atoms with van der Waals surface area (Å²) in [7, 11) is 1.60. The van der Waals surface area contributed by atoms with E-state index in [1.54, 1.807) is 31.3 Å². The Morgan fingerprint density at radius 1 is 1.36 bits per heavy atom. The maximum absolute atomic E-state index is 12.3. The van der Waals surface area contributed by atoms with Gasteiger partial charge in [-0.1, -0.05) is 30.5 Å². The summed E-state index contributed by atoms with van der Waals surface area (Å²) in [4.78, 5) is 25.7. The lowest BCUT2D eigenvalue weighted by atomic mass is 9.97. The molecule has 2 amide bonds. The molecule has 0 atom stereocenters. The van der Waals surface area contributed by atoms with Crippen molar-refractivity contribution in [2.24, 2.45) is 5.73 Å². The number of carbonyl (C=O) groups excluding carboxylic acids is 2. The van der Waals surface area contributed by atoms with Crippen LogP contribution in [0.5, 0.6) is 0 Å². The van der Waals surface area contributed by atoms with Gasteiger partial charge in [0.15, 0.2) is 0 Å². The number of benzene rings is 1. The van der Waals surface area contributed by atoms with E-state index in [9.17, 15) is 9.59 Å². The van der Waals surface area contributed by atoms with Crippen LogP contribution in [-0.2, 0) is 9.59 Å². The van der Waals surface area contributed by atoms with Gasteiger partial charge < -0.3 is 16.0 Å². The van der Waals surface area contributed by atoms with Crippen molar-refractivity contribution in [3.63, 3.8) is 0 Å². The minimum Gasteiger partial charge on any atom is -0.335 e. The van der Waals surface area contributed by atoms with E-state index in [-0.39, 0.29) is 30.8 Å². The van der Waals surface area contributed by atoms with Crippen LogP contribution in [0.25, 0.3) is 0 Å². The number of nitrogens with zero attached hydrogens (tertiary/aromatic N) is 1. The zero-order valence-corrected chi connectivity index (χ0v) is 14.0. The summed E-state index contributed by atoms with van der Waals surface area (Å²) in [6, 6.07) is 6.88. The van der Waals surface area contributed by atoms with Gasteiger partial charge in [0.25, 0.3) is 0 Å². The average molecular weight is 346 g/mol. The second-order valence-electron chi connectivity index (χ2n) is 5.58. The number of carbonyl (C=O) groups is 2. The zero-order valence-electron chi connectivity index (χ0n) is 12.5. The molecule has 1 aliphatic rings. The van der Waals surface area contributed by atoms with Crippen LogP contribution in [0, 0.1) is 0 Å². The molecule has 0 aromatic heterocycles. The summed E-state index contributed by atoms with van der Waals surface area (Å²) in [6.45, 7) is -0.0235. The van der Waals surface area contributed by atoms with Crippen LogP contribution in [-0.4, -0.2) is 35.8 Å². The van der Waals surface area contributed by atoms with Crippen LogP contribution in [0.2, 0.25) is 5.02 Å². The lowest BCUT2D eigenvalue weighted by Gasteiger charge is -2.28. The van der Waals surface area contributed by atoms with Gasteiger partial charge in [0, 0.05) is 17.8 Å². The smallest absolute Gasteiger partial charge is 0.243 e. The predicted molar refractivity (Wildman–Crippen MR) is 90.4 cm³/mol. The molecule has 22 heavy (non-hydrogen) atoms. The third-order valence-electron chi connectivity index (χ3n) is 3.76. The SMILES string of the molecule is CN(CC(=O)Nc1cccc(Cl)c1)C(=O)C1(N)CCCC1.Cl. The van der Waals surface area contributed by atoms with Gasteiger partial charge in [-0.05, 0) is 31.0 Å². The molecular weight excluding hydrogens is 325 g/mol. The fraction of sp³-hybridized carbons (Fsp3) is 0.467. The zero-order chi connectivity index (χ0) is 15.5. The van der Waals surface area contributed by atoms with Crippen LogP contribution in [0.1, 0.15) is 25.7 Å². The fourth-order valence-electron chi connectivity index (χ4n) is 2.65. The van der Waals surface area contributed by atoms with Crippen LogP contribution in [0.4, 0.5) is 5.69 Å². The van der Waals surface area contributed by atoms with E-state index in [1.807, 2.05) is 0 Å². The molecule has 122 valence electrons. The summed E-state index contributed by atoms with van der Waals surface area (Å²) in [6.07, 6.45) is 3.30. The molecule has 7 heteroatoms. The predicted octanol–water partition coefficient (Wildman–Crippen LogP) is 2.43. The normalized spacial score (nSPS) is 15.8. The van der Waals surface area contributed by atoms with E-state index in [2.05, 4.69) is 5.32 Å². The Bertz CT molecular complexity index is 545. The van der Waals surface area contributed by atoms with Crippen molar-refractivity contribution in [2.75, 3.05) is 18.9 Å². The third kappa shape index (κ3) is 4.60. The summed E-state index contributed by atoms with van der Waals surface area (Å²) in [5.74, 6) is -0.434. The molecule has 2 rings (SSSR count). The van der Waals surface area contributed by atoms with Gasteiger partial charge in [-0.15, -0.1) is 12.4 Å². The van der Waals surface area contributed by atoms with E-state index in [0.29, 0.717) is 23.6 Å². The topological polar surface area (TPSA) is 75.4 Å². The van der Waals surface area contributed by atoms with Crippen molar-refractivity contribution in [1.82, 2.24) is 4.90 Å². The fourth-order valence-corrected chi connectivity index (χ4v) is 2.84. The van der Waals surface area contributed by atoms with E-state index in [0.717, 1.165) is 12.8 Å². The van der Waals surface area contributed by atoms with Crippen LogP contribution in [0.3, 0.4) is 0 Å². The van der Waals surface area contributed by atoms with Crippen LogP contribution >= 0.6 is 24.0 Å². The lowest BCUT2D eigenvalue weighted by Crippen LogP contribution is -2.53. The molecule has 3 N–H and O–H groups in total. The van der Waals surface area contributed by atoms with Crippen molar-refractivity contribution >= 4 is 41.5 Å². The number of likely N-dealkylation sites (N-methyl/N-ethyl adjacent to an activating group) is 1. The Morgan fingerprint density at radius 3 is 2.59 bits per heavy atom. The Balaban J connectivity index is 0.00000242. The number of nitrogens with one attached hydrogen (secondary N) is 1. The molecule has 1 saturated carbocycles. The van der Waals surface area contributed by atoms with Crippen LogP contribution < -0.4 is 11.1 Å². The number of anilines is 1. The van der Waals surface area contributed by atoms with Crippen molar-refractivity contribution in [2.45, 2.75) is 31.2 Å². The van der Waals surface area contributed by atoms with Crippen molar-refractivity contribution in [3.8, 4) is 0 Å². The highest BCUT2D eigenvalue weighted by Gasteiger charge is 2.39. The van der Waals surface area contributed by atoms with E-state index < -0.39 is 5.54 Å². The molecule has 1 aromatic carbocycles. The quantitative estimate of drug-likeness (QED) is 0.879. The summed E-state index contributed by atoms with van der Waals surface area (Å²) >= 11 is 5.86. The number of amides is 2. The first-order chi connectivity index (χ1) is 9.90. The molecule has 0 unspecified atom stereocenters. The summed E-state index contributed by atoms with van der Waals surface area (Å²) in [5.41, 5.74) is 5.92. The summed E-state index contributed by atoms with van der Waals surface area (Å²) in [5, 5.41) is 3.26. The van der Waals surface area contributed by atoms with Gasteiger partial charge in [-0.2, -0.15) is 0 Å². The first-order valence-corrected chi connectivity index (χ1v) is 7.38. The number of hydrogen-bond acceptors (Lipinski definition) is 3. The number of halogens is 2. The number of nitrogens with two attached hydrogens (primary N) is 1. The Morgan fingerprint density at radius 2 is 2.00 bits per heavy atom. The Labute approximate surface area is 141 Å². The van der Waals surface area contributed by atoms with Crippen molar-refractivity contribution in [3.05, 3.63) is 29.3 Å². The highest BCUT2D eigenvalue weighted by molar-refractivity contribution is 6.30. The minimum atomic E-state index is -0.801. The van der Waals surface area contributed by atoms with E-state index in [4.69, 9.17) is 17.3 Å². The molecule has 1 aliphatic carbocycles. The van der Waals surface area contributed by atoms with Gasteiger partial charge in [0.1, 0.15) is 0 Å². The second-order valence-corrected chi connectivity index (χ2v) is 6.02. The molecular formula is C15H21Cl2N3O2. The highest BCUT2D eigenvalue weighted by Crippen LogP contribution is 2.28. The monoisotopic (exact) mass is 345 g/mol. The van der Waals surface area contributed by atoms with Crippen molar-refractivity contribution in [1.29, 1.82) is 0 Å².